The molecule has 0 saturated carbocycles. The van der Waals surface area contributed by atoms with Crippen molar-refractivity contribution < 1.29 is 14.4 Å². The Morgan fingerprint density at radius 3 is 2.90 bits per heavy atom. The Balaban J connectivity index is 1.80. The fraction of sp³-hybridized carbons (Fsp3) is 0.0769. The van der Waals surface area contributed by atoms with Crippen LogP contribution in [0.3, 0.4) is 0 Å². The summed E-state index contributed by atoms with van der Waals surface area (Å²) in [5, 5.41) is 6.28. The van der Waals surface area contributed by atoms with Crippen molar-refractivity contribution >= 4 is 46.7 Å². The first-order valence-corrected chi connectivity index (χ1v) is 7.13. The summed E-state index contributed by atoms with van der Waals surface area (Å²) in [5.41, 5.74) is 0. The van der Waals surface area contributed by atoms with Crippen LogP contribution in [0.1, 0.15) is 4.88 Å². The van der Waals surface area contributed by atoms with Gasteiger partial charge in [-0.25, -0.2) is 4.79 Å². The molecule has 0 atom stereocenters. The third-order valence-electron chi connectivity index (χ3n) is 2.12. The Bertz CT molecular complexity index is 614. The van der Waals surface area contributed by atoms with Crippen LogP contribution in [-0.2, 0) is 9.63 Å². The summed E-state index contributed by atoms with van der Waals surface area (Å²) in [6.45, 7) is -0.289. The van der Waals surface area contributed by atoms with Crippen LogP contribution in [0, 0.1) is 0 Å². The van der Waals surface area contributed by atoms with Crippen molar-refractivity contribution in [1.82, 2.24) is 0 Å². The van der Waals surface area contributed by atoms with Crippen molar-refractivity contribution in [2.75, 3.05) is 6.61 Å². The molecule has 20 heavy (non-hydrogen) atoms. The van der Waals surface area contributed by atoms with Gasteiger partial charge in [-0.15, -0.1) is 11.3 Å². The number of nitrogens with zero attached hydrogens (tertiary/aromatic N) is 1. The van der Waals surface area contributed by atoms with Gasteiger partial charge in [0.1, 0.15) is 5.75 Å². The normalized spacial score (nSPS) is 10.7. The van der Waals surface area contributed by atoms with Gasteiger partial charge in [-0.1, -0.05) is 34.4 Å². The first-order valence-electron chi connectivity index (χ1n) is 5.50. The summed E-state index contributed by atoms with van der Waals surface area (Å²) in [4.78, 5) is 16.9. The largest absolute Gasteiger partial charge is 0.480 e. The minimum absolute atomic E-state index is 0.289. The van der Waals surface area contributed by atoms with Gasteiger partial charge in [0, 0.05) is 9.90 Å². The van der Waals surface area contributed by atoms with Crippen molar-refractivity contribution in [2.45, 2.75) is 0 Å². The van der Waals surface area contributed by atoms with E-state index >= 15 is 0 Å². The number of benzene rings is 1. The molecule has 0 saturated heterocycles. The van der Waals surface area contributed by atoms with E-state index in [-0.39, 0.29) is 6.61 Å². The molecule has 0 unspecified atom stereocenters. The number of rotatable bonds is 5. The SMILES string of the molecule is O=C(COc1ccc(Cl)cc1Cl)O/N=C/c1cccs1. The zero-order valence-electron chi connectivity index (χ0n) is 10.1. The lowest BCUT2D eigenvalue weighted by Crippen LogP contribution is -2.12. The number of hydrogen-bond donors (Lipinski definition) is 0. The third-order valence-corrected chi connectivity index (χ3v) is 3.45. The molecule has 0 aliphatic rings. The van der Waals surface area contributed by atoms with Gasteiger partial charge < -0.3 is 9.57 Å². The van der Waals surface area contributed by atoms with E-state index in [0.717, 1.165) is 4.88 Å². The fourth-order valence-corrected chi connectivity index (χ4v) is 2.30. The predicted octanol–water partition coefficient (Wildman–Crippen LogP) is 4.01. The molecule has 104 valence electrons. The fourth-order valence-electron chi connectivity index (χ4n) is 1.26. The molecule has 0 N–H and O–H groups in total. The van der Waals surface area contributed by atoms with Crippen molar-refractivity contribution in [3.63, 3.8) is 0 Å². The molecular weight excluding hydrogens is 321 g/mol. The number of carbonyl (C=O) groups is 1. The Morgan fingerprint density at radius 2 is 2.20 bits per heavy atom. The lowest BCUT2D eigenvalue weighted by atomic mass is 10.3. The molecule has 4 nitrogen and oxygen atoms in total. The average Bonchev–Trinajstić information content (AvgIpc) is 2.91. The monoisotopic (exact) mass is 329 g/mol. The Labute approximate surface area is 129 Å². The van der Waals surface area contributed by atoms with Gasteiger partial charge >= 0.3 is 5.97 Å². The molecule has 0 fully saturated rings. The van der Waals surface area contributed by atoms with Crippen LogP contribution >= 0.6 is 34.5 Å². The highest BCUT2D eigenvalue weighted by molar-refractivity contribution is 7.11. The van der Waals surface area contributed by atoms with Gasteiger partial charge in [0.15, 0.2) is 6.61 Å². The number of halogens is 2. The highest BCUT2D eigenvalue weighted by Gasteiger charge is 2.07. The molecule has 1 aromatic carbocycles. The predicted molar refractivity (Wildman–Crippen MR) is 80.0 cm³/mol. The maximum Gasteiger partial charge on any atom is 0.372 e. The van der Waals surface area contributed by atoms with Crippen molar-refractivity contribution in [3.8, 4) is 5.75 Å². The van der Waals surface area contributed by atoms with E-state index in [1.165, 1.54) is 23.6 Å². The molecular formula is C13H9Cl2NO3S. The summed E-state index contributed by atoms with van der Waals surface area (Å²) in [6.07, 6.45) is 1.46. The standard InChI is InChI=1S/C13H9Cl2NO3S/c14-9-3-4-12(11(15)6-9)18-8-13(17)19-16-7-10-2-1-5-20-10/h1-7H,8H2/b16-7+. The van der Waals surface area contributed by atoms with E-state index in [0.29, 0.717) is 15.8 Å². The quantitative estimate of drug-likeness (QED) is 0.473. The Kier molecular flexibility index (Phi) is 5.40. The zero-order chi connectivity index (χ0) is 14.4. The molecule has 2 rings (SSSR count). The molecule has 2 aromatic rings. The van der Waals surface area contributed by atoms with Gasteiger partial charge in [0.25, 0.3) is 0 Å². The van der Waals surface area contributed by atoms with E-state index < -0.39 is 5.97 Å². The second-order valence-corrected chi connectivity index (χ2v) is 5.40. The van der Waals surface area contributed by atoms with E-state index in [4.69, 9.17) is 27.9 Å². The van der Waals surface area contributed by atoms with E-state index in [1.807, 2.05) is 17.5 Å². The van der Waals surface area contributed by atoms with Crippen molar-refractivity contribution in [1.29, 1.82) is 0 Å². The van der Waals surface area contributed by atoms with Crippen LogP contribution in [0.4, 0.5) is 0 Å². The highest BCUT2D eigenvalue weighted by Crippen LogP contribution is 2.27. The Hall–Kier alpha value is -1.56. The number of carbonyl (C=O) groups excluding carboxylic acids is 1. The summed E-state index contributed by atoms with van der Waals surface area (Å²) in [5.74, 6) is -0.265. The van der Waals surface area contributed by atoms with Gasteiger partial charge in [-0.2, -0.15) is 0 Å². The minimum atomic E-state index is -0.621. The summed E-state index contributed by atoms with van der Waals surface area (Å²) in [6, 6.07) is 8.44. The van der Waals surface area contributed by atoms with Gasteiger partial charge in [-0.05, 0) is 29.6 Å². The molecule has 0 aliphatic heterocycles. The van der Waals surface area contributed by atoms with Crippen molar-refractivity contribution in [3.05, 3.63) is 50.6 Å². The number of hydrogen-bond acceptors (Lipinski definition) is 5. The van der Waals surface area contributed by atoms with Crippen LogP contribution in [0.5, 0.6) is 5.75 Å². The maximum atomic E-state index is 11.4. The second kappa shape index (κ2) is 7.28. The average molecular weight is 330 g/mol. The highest BCUT2D eigenvalue weighted by atomic mass is 35.5. The smallest absolute Gasteiger partial charge is 0.372 e. The lowest BCUT2D eigenvalue weighted by molar-refractivity contribution is -0.145. The molecule has 0 radical (unpaired) electrons. The van der Waals surface area contributed by atoms with Crippen LogP contribution in [-0.4, -0.2) is 18.8 Å². The molecule has 7 heteroatoms. The molecule has 0 aliphatic carbocycles. The molecule has 0 amide bonds. The van der Waals surface area contributed by atoms with Crippen LogP contribution in [0.15, 0.2) is 40.9 Å². The van der Waals surface area contributed by atoms with Crippen LogP contribution < -0.4 is 4.74 Å². The van der Waals surface area contributed by atoms with Crippen LogP contribution in [0.25, 0.3) is 0 Å². The number of thiophene rings is 1. The number of oxime groups is 1. The second-order valence-electron chi connectivity index (χ2n) is 3.58. The summed E-state index contributed by atoms with van der Waals surface area (Å²) >= 11 is 13.1. The number of ether oxygens (including phenoxy) is 1. The molecule has 0 spiro atoms. The van der Waals surface area contributed by atoms with Gasteiger partial charge in [0.2, 0.25) is 0 Å². The molecule has 1 aromatic heterocycles. The Morgan fingerprint density at radius 1 is 1.35 bits per heavy atom. The maximum absolute atomic E-state index is 11.4. The third kappa shape index (κ3) is 4.52. The minimum Gasteiger partial charge on any atom is -0.480 e. The van der Waals surface area contributed by atoms with E-state index in [9.17, 15) is 4.79 Å². The molecule has 1 heterocycles. The first-order chi connectivity index (χ1) is 9.65. The van der Waals surface area contributed by atoms with E-state index in [1.54, 1.807) is 12.1 Å². The molecule has 0 bridgehead atoms. The van der Waals surface area contributed by atoms with Crippen LogP contribution in [0.2, 0.25) is 10.0 Å². The summed E-state index contributed by atoms with van der Waals surface area (Å²) in [7, 11) is 0. The van der Waals surface area contributed by atoms with E-state index in [2.05, 4.69) is 9.99 Å². The lowest BCUT2D eigenvalue weighted by Gasteiger charge is -2.06. The first kappa shape index (κ1) is 14.8. The van der Waals surface area contributed by atoms with Gasteiger partial charge in [-0.3, -0.25) is 0 Å². The topological polar surface area (TPSA) is 47.9 Å². The zero-order valence-corrected chi connectivity index (χ0v) is 12.4. The van der Waals surface area contributed by atoms with Crippen molar-refractivity contribution in [2.24, 2.45) is 5.16 Å². The van der Waals surface area contributed by atoms with Gasteiger partial charge in [0.05, 0.1) is 11.2 Å². The summed E-state index contributed by atoms with van der Waals surface area (Å²) < 4.78 is 5.20.